The maximum absolute atomic E-state index is 11.0. The third kappa shape index (κ3) is 2.80. The summed E-state index contributed by atoms with van der Waals surface area (Å²) >= 11 is 1.50. The molecule has 1 aromatic rings. The fraction of sp³-hybridized carbons (Fsp3) is 0.600. The van der Waals surface area contributed by atoms with E-state index in [-0.39, 0.29) is 11.3 Å². The number of nitrogens with zero attached hydrogens (tertiary/aromatic N) is 1. The standard InChI is InChI=1S/C10H15NO2S/c1-10(2,3)8(9(12)13)4-7-5-14-6-11-7/h5-6,8H,4H2,1-3H3,(H,12,13)/t8-/m0/s1. The fourth-order valence-corrected chi connectivity index (χ4v) is 1.88. The summed E-state index contributed by atoms with van der Waals surface area (Å²) in [5.41, 5.74) is 2.38. The van der Waals surface area contributed by atoms with Crippen molar-refractivity contribution in [3.63, 3.8) is 0 Å². The van der Waals surface area contributed by atoms with Crippen LogP contribution in [-0.2, 0) is 11.2 Å². The number of aromatic nitrogens is 1. The van der Waals surface area contributed by atoms with Crippen molar-refractivity contribution in [3.8, 4) is 0 Å². The molecule has 1 atom stereocenters. The lowest BCUT2D eigenvalue weighted by Gasteiger charge is -2.26. The highest BCUT2D eigenvalue weighted by Gasteiger charge is 2.31. The highest BCUT2D eigenvalue weighted by molar-refractivity contribution is 7.07. The van der Waals surface area contributed by atoms with Gasteiger partial charge in [-0.2, -0.15) is 0 Å². The maximum atomic E-state index is 11.0. The van der Waals surface area contributed by atoms with E-state index < -0.39 is 5.97 Å². The molecule has 0 aliphatic rings. The van der Waals surface area contributed by atoms with E-state index in [0.717, 1.165) is 5.69 Å². The van der Waals surface area contributed by atoms with E-state index in [0.29, 0.717) is 6.42 Å². The Morgan fingerprint density at radius 2 is 2.29 bits per heavy atom. The minimum Gasteiger partial charge on any atom is -0.481 e. The number of hydrogen-bond donors (Lipinski definition) is 1. The fourth-order valence-electron chi connectivity index (χ4n) is 1.31. The van der Waals surface area contributed by atoms with Crippen LogP contribution >= 0.6 is 11.3 Å². The number of carbonyl (C=O) groups is 1. The Balaban J connectivity index is 2.76. The Morgan fingerprint density at radius 3 is 2.64 bits per heavy atom. The molecule has 0 unspecified atom stereocenters. The molecule has 0 saturated heterocycles. The quantitative estimate of drug-likeness (QED) is 0.839. The Morgan fingerprint density at radius 1 is 1.64 bits per heavy atom. The van der Waals surface area contributed by atoms with Crippen molar-refractivity contribution in [2.45, 2.75) is 27.2 Å². The van der Waals surface area contributed by atoms with Gasteiger partial charge in [-0.1, -0.05) is 20.8 Å². The third-order valence-corrected chi connectivity index (χ3v) is 2.88. The van der Waals surface area contributed by atoms with Crippen molar-refractivity contribution >= 4 is 17.3 Å². The average Bonchev–Trinajstić information content (AvgIpc) is 2.48. The number of thiazole rings is 1. The first kappa shape index (κ1) is 11.2. The zero-order chi connectivity index (χ0) is 10.8. The zero-order valence-corrected chi connectivity index (χ0v) is 9.47. The largest absolute Gasteiger partial charge is 0.481 e. The minimum absolute atomic E-state index is 0.227. The summed E-state index contributed by atoms with van der Waals surface area (Å²) in [6.07, 6.45) is 0.516. The normalized spacial score (nSPS) is 13.9. The molecule has 1 rings (SSSR count). The van der Waals surface area contributed by atoms with Crippen molar-refractivity contribution < 1.29 is 9.90 Å². The molecule has 1 heterocycles. The van der Waals surface area contributed by atoms with E-state index in [2.05, 4.69) is 4.98 Å². The zero-order valence-electron chi connectivity index (χ0n) is 8.65. The van der Waals surface area contributed by atoms with Gasteiger partial charge in [0.05, 0.1) is 17.1 Å². The van der Waals surface area contributed by atoms with Crippen molar-refractivity contribution in [1.29, 1.82) is 0 Å². The number of aliphatic carboxylic acids is 1. The van der Waals surface area contributed by atoms with Crippen molar-refractivity contribution in [3.05, 3.63) is 16.6 Å². The van der Waals surface area contributed by atoms with Gasteiger partial charge in [0.2, 0.25) is 0 Å². The van der Waals surface area contributed by atoms with Crippen molar-refractivity contribution in [2.75, 3.05) is 0 Å². The number of carboxylic acids is 1. The van der Waals surface area contributed by atoms with Gasteiger partial charge in [-0.05, 0) is 5.41 Å². The summed E-state index contributed by atoms with van der Waals surface area (Å²) in [5.74, 6) is -1.12. The van der Waals surface area contributed by atoms with Gasteiger partial charge in [0.15, 0.2) is 0 Å². The number of rotatable bonds is 3. The molecule has 14 heavy (non-hydrogen) atoms. The van der Waals surface area contributed by atoms with Crippen LogP contribution in [0, 0.1) is 11.3 Å². The summed E-state index contributed by atoms with van der Waals surface area (Å²) < 4.78 is 0. The first-order valence-electron chi connectivity index (χ1n) is 4.51. The lowest BCUT2D eigenvalue weighted by molar-refractivity contribution is -0.145. The SMILES string of the molecule is CC(C)(C)[C@@H](Cc1cscn1)C(=O)O. The molecule has 0 spiro atoms. The molecule has 0 aliphatic heterocycles. The Hall–Kier alpha value is -0.900. The summed E-state index contributed by atoms with van der Waals surface area (Å²) in [4.78, 5) is 15.2. The van der Waals surface area contributed by atoms with E-state index >= 15 is 0 Å². The van der Waals surface area contributed by atoms with Gasteiger partial charge in [-0.15, -0.1) is 11.3 Å². The summed E-state index contributed by atoms with van der Waals surface area (Å²) in [7, 11) is 0. The van der Waals surface area contributed by atoms with Gasteiger partial charge in [0.1, 0.15) is 0 Å². The first-order valence-corrected chi connectivity index (χ1v) is 5.45. The minimum atomic E-state index is -0.745. The monoisotopic (exact) mass is 213 g/mol. The third-order valence-electron chi connectivity index (χ3n) is 2.24. The van der Waals surface area contributed by atoms with Crippen molar-refractivity contribution in [2.24, 2.45) is 11.3 Å². The van der Waals surface area contributed by atoms with Crippen LogP contribution < -0.4 is 0 Å². The van der Waals surface area contributed by atoms with Crippen LogP contribution in [0.1, 0.15) is 26.5 Å². The van der Waals surface area contributed by atoms with E-state index in [9.17, 15) is 4.79 Å². The molecule has 0 saturated carbocycles. The van der Waals surface area contributed by atoms with E-state index in [4.69, 9.17) is 5.11 Å². The first-order chi connectivity index (χ1) is 6.41. The predicted octanol–water partition coefficient (Wildman–Crippen LogP) is 2.43. The van der Waals surface area contributed by atoms with Gasteiger partial charge in [0.25, 0.3) is 0 Å². The van der Waals surface area contributed by atoms with Gasteiger partial charge in [0, 0.05) is 11.8 Å². The smallest absolute Gasteiger partial charge is 0.307 e. The number of hydrogen-bond acceptors (Lipinski definition) is 3. The molecule has 0 radical (unpaired) electrons. The molecule has 3 nitrogen and oxygen atoms in total. The molecular weight excluding hydrogens is 198 g/mol. The molecule has 78 valence electrons. The van der Waals surface area contributed by atoms with Crippen LogP contribution in [0.15, 0.2) is 10.9 Å². The highest BCUT2D eigenvalue weighted by atomic mass is 32.1. The van der Waals surface area contributed by atoms with Crippen LogP contribution in [0.3, 0.4) is 0 Å². The summed E-state index contributed by atoms with van der Waals surface area (Å²) in [5, 5.41) is 11.0. The van der Waals surface area contributed by atoms with Crippen LogP contribution in [0.4, 0.5) is 0 Å². The lowest BCUT2D eigenvalue weighted by Crippen LogP contribution is -2.30. The Kier molecular flexibility index (Phi) is 3.26. The van der Waals surface area contributed by atoms with E-state index in [1.807, 2.05) is 26.2 Å². The average molecular weight is 213 g/mol. The molecule has 1 aromatic heterocycles. The molecule has 4 heteroatoms. The Bertz CT molecular complexity index is 300. The van der Waals surface area contributed by atoms with Gasteiger partial charge in [-0.3, -0.25) is 4.79 Å². The van der Waals surface area contributed by atoms with E-state index in [1.54, 1.807) is 5.51 Å². The second-order valence-corrected chi connectivity index (χ2v) is 5.16. The molecule has 0 fully saturated rings. The predicted molar refractivity (Wildman–Crippen MR) is 56.4 cm³/mol. The summed E-state index contributed by atoms with van der Waals surface area (Å²) in [6.45, 7) is 5.83. The molecule has 0 bridgehead atoms. The number of carboxylic acid groups (broad SMARTS) is 1. The van der Waals surface area contributed by atoms with Gasteiger partial charge >= 0.3 is 5.97 Å². The molecule has 0 amide bonds. The molecule has 0 aliphatic carbocycles. The molecular formula is C10H15NO2S. The topological polar surface area (TPSA) is 50.2 Å². The van der Waals surface area contributed by atoms with Crippen LogP contribution in [0.2, 0.25) is 0 Å². The second kappa shape index (κ2) is 4.09. The van der Waals surface area contributed by atoms with Crippen LogP contribution in [-0.4, -0.2) is 16.1 Å². The highest BCUT2D eigenvalue weighted by Crippen LogP contribution is 2.29. The van der Waals surface area contributed by atoms with Crippen LogP contribution in [0.25, 0.3) is 0 Å². The lowest BCUT2D eigenvalue weighted by atomic mass is 9.78. The molecule has 1 N–H and O–H groups in total. The summed E-state index contributed by atoms with van der Waals surface area (Å²) in [6, 6.07) is 0. The maximum Gasteiger partial charge on any atom is 0.307 e. The van der Waals surface area contributed by atoms with Crippen molar-refractivity contribution in [1.82, 2.24) is 4.98 Å². The Labute approximate surface area is 87.8 Å². The van der Waals surface area contributed by atoms with E-state index in [1.165, 1.54) is 11.3 Å². The molecule has 0 aromatic carbocycles. The second-order valence-electron chi connectivity index (χ2n) is 4.44. The van der Waals surface area contributed by atoms with Gasteiger partial charge in [-0.25, -0.2) is 4.98 Å². The van der Waals surface area contributed by atoms with Crippen LogP contribution in [0.5, 0.6) is 0 Å². The van der Waals surface area contributed by atoms with Gasteiger partial charge < -0.3 is 5.11 Å².